The van der Waals surface area contributed by atoms with E-state index in [1.807, 2.05) is 37.3 Å². The fourth-order valence-electron chi connectivity index (χ4n) is 4.64. The number of para-hydroxylation sites is 1. The van der Waals surface area contributed by atoms with E-state index in [0.717, 1.165) is 38.2 Å². The van der Waals surface area contributed by atoms with E-state index in [4.69, 9.17) is 17.2 Å². The lowest BCUT2D eigenvalue weighted by Crippen LogP contribution is -2.47. The van der Waals surface area contributed by atoms with Crippen LogP contribution < -0.4 is 15.4 Å². The number of hydrogen-bond donors (Lipinski definition) is 0. The normalized spacial score (nSPS) is 17.6. The fraction of sp³-hybridized carbons (Fsp3) is 0.357. The Bertz CT molecular complexity index is 1430. The van der Waals surface area contributed by atoms with Gasteiger partial charge in [0.2, 0.25) is 0 Å². The number of pyridine rings is 1. The maximum absolute atomic E-state index is 13.8. The van der Waals surface area contributed by atoms with Gasteiger partial charge in [-0.05, 0) is 49.1 Å². The minimum absolute atomic E-state index is 0.135. The van der Waals surface area contributed by atoms with Gasteiger partial charge >= 0.3 is 0 Å². The molecule has 1 aromatic carbocycles. The van der Waals surface area contributed by atoms with Crippen LogP contribution in [0.5, 0.6) is 0 Å². The second-order valence-electron chi connectivity index (χ2n) is 9.91. The average molecular weight is 534 g/mol. The van der Waals surface area contributed by atoms with Gasteiger partial charge in [-0.2, -0.15) is 0 Å². The first-order valence-electron chi connectivity index (χ1n) is 12.6. The van der Waals surface area contributed by atoms with Crippen LogP contribution in [-0.2, 0) is 4.79 Å². The highest BCUT2D eigenvalue weighted by Gasteiger charge is 2.33. The lowest BCUT2D eigenvalue weighted by atomic mass is 10.1. The van der Waals surface area contributed by atoms with Crippen molar-refractivity contribution in [2.75, 3.05) is 42.5 Å². The Balaban J connectivity index is 1.51. The molecule has 2 aliphatic heterocycles. The number of hydrogen-bond acceptors (Lipinski definition) is 7. The molecule has 0 aliphatic carbocycles. The van der Waals surface area contributed by atoms with E-state index in [9.17, 15) is 9.59 Å². The molecule has 9 heteroatoms. The van der Waals surface area contributed by atoms with E-state index in [1.54, 1.807) is 21.6 Å². The molecule has 0 spiro atoms. The molecule has 192 valence electrons. The summed E-state index contributed by atoms with van der Waals surface area (Å²) in [7, 11) is 0. The highest BCUT2D eigenvalue weighted by molar-refractivity contribution is 8.26. The first-order valence-corrected chi connectivity index (χ1v) is 13.9. The minimum Gasteiger partial charge on any atom is -0.368 e. The van der Waals surface area contributed by atoms with Crippen molar-refractivity contribution in [1.82, 2.24) is 14.3 Å². The van der Waals surface area contributed by atoms with E-state index < -0.39 is 0 Å². The number of amides is 1. The van der Waals surface area contributed by atoms with Crippen LogP contribution in [0.25, 0.3) is 11.7 Å². The molecule has 2 aliphatic rings. The number of nitrogens with zero attached hydrogens (tertiary/aromatic N) is 5. The molecule has 0 radical (unpaired) electrons. The molecule has 0 saturated carbocycles. The Morgan fingerprint density at radius 2 is 1.73 bits per heavy atom. The molecule has 0 bridgehead atoms. The van der Waals surface area contributed by atoms with Crippen molar-refractivity contribution in [3.8, 4) is 0 Å². The maximum atomic E-state index is 13.8. The van der Waals surface area contributed by atoms with Crippen molar-refractivity contribution >= 4 is 57.4 Å². The molecule has 0 unspecified atom stereocenters. The van der Waals surface area contributed by atoms with Gasteiger partial charge < -0.3 is 9.80 Å². The Kier molecular flexibility index (Phi) is 7.35. The summed E-state index contributed by atoms with van der Waals surface area (Å²) in [5, 5.41) is 0. The van der Waals surface area contributed by atoms with Gasteiger partial charge in [0.05, 0.1) is 10.5 Å². The van der Waals surface area contributed by atoms with Crippen LogP contribution in [0.3, 0.4) is 0 Å². The van der Waals surface area contributed by atoms with Crippen molar-refractivity contribution in [2.45, 2.75) is 27.2 Å². The van der Waals surface area contributed by atoms with Crippen LogP contribution in [0, 0.1) is 12.8 Å². The van der Waals surface area contributed by atoms with Crippen molar-refractivity contribution in [1.29, 1.82) is 0 Å². The van der Waals surface area contributed by atoms with Gasteiger partial charge in [0, 0.05) is 44.6 Å². The standard InChI is InChI=1S/C28H31N5O2S2/c1-19(2)11-12-32-27(35)23(37-28(32)36)17-22-25(29-24-10-9-20(3)18-33(24)26(22)34)31-15-13-30(14-16-31)21-7-5-4-6-8-21/h4-10,17-19H,11-16H2,1-3H3. The molecular weight excluding hydrogens is 502 g/mol. The van der Waals surface area contributed by atoms with Gasteiger partial charge in [-0.3, -0.25) is 18.9 Å². The molecule has 2 saturated heterocycles. The van der Waals surface area contributed by atoms with Crippen LogP contribution in [0.4, 0.5) is 11.5 Å². The smallest absolute Gasteiger partial charge is 0.267 e. The second kappa shape index (κ2) is 10.7. The highest BCUT2D eigenvalue weighted by atomic mass is 32.2. The molecule has 3 aromatic rings. The summed E-state index contributed by atoms with van der Waals surface area (Å²) in [4.78, 5) is 38.6. The van der Waals surface area contributed by atoms with E-state index in [2.05, 4.69) is 35.8 Å². The van der Waals surface area contributed by atoms with Gasteiger partial charge in [-0.25, -0.2) is 4.98 Å². The molecule has 0 N–H and O–H groups in total. The SMILES string of the molecule is Cc1ccc2nc(N3CCN(c4ccccc4)CC3)c(C=C3SC(=S)N(CCC(C)C)C3=O)c(=O)n2c1. The molecule has 37 heavy (non-hydrogen) atoms. The molecule has 7 nitrogen and oxygen atoms in total. The van der Waals surface area contributed by atoms with E-state index >= 15 is 0 Å². The highest BCUT2D eigenvalue weighted by Crippen LogP contribution is 2.34. The first kappa shape index (κ1) is 25.5. The molecule has 1 amide bonds. The largest absolute Gasteiger partial charge is 0.368 e. The quantitative estimate of drug-likeness (QED) is 0.340. The zero-order valence-electron chi connectivity index (χ0n) is 21.4. The summed E-state index contributed by atoms with van der Waals surface area (Å²) >= 11 is 6.78. The number of rotatable bonds is 6. The Morgan fingerprint density at radius 3 is 2.43 bits per heavy atom. The van der Waals surface area contributed by atoms with E-state index in [1.165, 1.54) is 17.4 Å². The van der Waals surface area contributed by atoms with Crippen LogP contribution in [0.1, 0.15) is 31.4 Å². The number of aryl methyl sites for hydroxylation is 1. The second-order valence-corrected chi connectivity index (χ2v) is 11.6. The maximum Gasteiger partial charge on any atom is 0.267 e. The third kappa shape index (κ3) is 5.29. The molecule has 2 aromatic heterocycles. The topological polar surface area (TPSA) is 61.2 Å². The van der Waals surface area contributed by atoms with Crippen molar-refractivity contribution in [3.63, 3.8) is 0 Å². The molecule has 5 rings (SSSR count). The zero-order chi connectivity index (χ0) is 26.1. The number of benzene rings is 1. The number of fused-ring (bicyclic) bond motifs is 1. The van der Waals surface area contributed by atoms with Gasteiger partial charge in [0.15, 0.2) is 0 Å². The summed E-state index contributed by atoms with van der Waals surface area (Å²) < 4.78 is 2.12. The summed E-state index contributed by atoms with van der Waals surface area (Å²) in [5.41, 5.74) is 3.00. The molecule has 4 heterocycles. The van der Waals surface area contributed by atoms with Crippen molar-refractivity contribution in [2.24, 2.45) is 5.92 Å². The van der Waals surface area contributed by atoms with E-state index in [0.29, 0.717) is 38.7 Å². The van der Waals surface area contributed by atoms with Gasteiger partial charge in [-0.15, -0.1) is 0 Å². The van der Waals surface area contributed by atoms with Gasteiger partial charge in [-0.1, -0.05) is 62.1 Å². The predicted molar refractivity (Wildman–Crippen MR) is 156 cm³/mol. The summed E-state index contributed by atoms with van der Waals surface area (Å²) in [6.45, 7) is 9.86. The van der Waals surface area contributed by atoms with Crippen LogP contribution in [-0.4, -0.2) is 57.2 Å². The first-order chi connectivity index (χ1) is 17.8. The third-order valence-electron chi connectivity index (χ3n) is 6.77. The minimum atomic E-state index is -0.179. The van der Waals surface area contributed by atoms with Crippen LogP contribution >= 0.6 is 24.0 Å². The fourth-order valence-corrected chi connectivity index (χ4v) is 5.93. The Morgan fingerprint density at radius 1 is 1.03 bits per heavy atom. The Labute approximate surface area is 226 Å². The predicted octanol–water partition coefficient (Wildman–Crippen LogP) is 4.58. The zero-order valence-corrected chi connectivity index (χ0v) is 23.0. The molecular formula is C28H31N5O2S2. The lowest BCUT2D eigenvalue weighted by molar-refractivity contribution is -0.122. The monoisotopic (exact) mass is 533 g/mol. The third-order valence-corrected chi connectivity index (χ3v) is 8.14. The van der Waals surface area contributed by atoms with Gasteiger partial charge in [0.25, 0.3) is 11.5 Å². The number of aromatic nitrogens is 2. The number of thioether (sulfide) groups is 1. The van der Waals surface area contributed by atoms with Crippen LogP contribution in [0.15, 0.2) is 58.4 Å². The van der Waals surface area contributed by atoms with E-state index in [-0.39, 0.29) is 11.5 Å². The number of carbonyl (C=O) groups excluding carboxylic acids is 1. The summed E-state index contributed by atoms with van der Waals surface area (Å²) in [6.07, 6.45) is 4.38. The molecule has 2 fully saturated rings. The van der Waals surface area contributed by atoms with Crippen molar-refractivity contribution < 1.29 is 4.79 Å². The van der Waals surface area contributed by atoms with Crippen LogP contribution in [0.2, 0.25) is 0 Å². The lowest BCUT2D eigenvalue weighted by Gasteiger charge is -2.37. The number of thiocarbonyl (C=S) groups is 1. The number of anilines is 2. The number of piperazine rings is 1. The summed E-state index contributed by atoms with van der Waals surface area (Å²) in [6, 6.07) is 14.2. The Hall–Kier alpha value is -3.17. The molecule has 0 atom stereocenters. The van der Waals surface area contributed by atoms with Crippen molar-refractivity contribution in [3.05, 3.63) is 75.0 Å². The average Bonchev–Trinajstić information content (AvgIpc) is 3.17. The summed E-state index contributed by atoms with van der Waals surface area (Å²) in [5.74, 6) is 0.950. The number of carbonyl (C=O) groups is 1. The van der Waals surface area contributed by atoms with Gasteiger partial charge in [0.1, 0.15) is 15.8 Å².